The van der Waals surface area contributed by atoms with Gasteiger partial charge in [-0.3, -0.25) is 0 Å². The van der Waals surface area contributed by atoms with Gasteiger partial charge in [0.25, 0.3) is 0 Å². The van der Waals surface area contributed by atoms with Crippen molar-refractivity contribution in [1.29, 1.82) is 0 Å². The Bertz CT molecular complexity index is 304. The second kappa shape index (κ2) is 3.46. The molecule has 0 bridgehead atoms. The second-order valence-corrected chi connectivity index (χ2v) is 4.52. The summed E-state index contributed by atoms with van der Waals surface area (Å²) in [6, 6.07) is 2.06. The van der Waals surface area contributed by atoms with Crippen LogP contribution in [0.1, 0.15) is 30.1 Å². The van der Waals surface area contributed by atoms with E-state index >= 15 is 0 Å². The SMILES string of the molecule is Cc1oc(Br)cc1C(CN)C1CC1. The summed E-state index contributed by atoms with van der Waals surface area (Å²) < 4.78 is 6.25. The highest BCUT2D eigenvalue weighted by Gasteiger charge is 2.33. The summed E-state index contributed by atoms with van der Waals surface area (Å²) >= 11 is 3.34. The molecule has 0 spiro atoms. The third-order valence-corrected chi connectivity index (χ3v) is 3.16. The van der Waals surface area contributed by atoms with E-state index in [-0.39, 0.29) is 0 Å². The van der Waals surface area contributed by atoms with Crippen LogP contribution >= 0.6 is 15.9 Å². The number of halogens is 1. The highest BCUT2D eigenvalue weighted by molar-refractivity contribution is 9.10. The highest BCUT2D eigenvalue weighted by Crippen LogP contribution is 2.43. The third-order valence-electron chi connectivity index (χ3n) is 2.77. The summed E-state index contributed by atoms with van der Waals surface area (Å²) in [7, 11) is 0. The topological polar surface area (TPSA) is 39.2 Å². The minimum Gasteiger partial charge on any atom is -0.454 e. The maximum absolute atomic E-state index is 5.77. The summed E-state index contributed by atoms with van der Waals surface area (Å²) in [5.74, 6) is 2.32. The standard InChI is InChI=1S/C10H14BrNO/c1-6-8(4-10(11)13-6)9(5-12)7-2-3-7/h4,7,9H,2-3,5,12H2,1H3. The van der Waals surface area contributed by atoms with Crippen LogP contribution in [0.15, 0.2) is 15.2 Å². The van der Waals surface area contributed by atoms with E-state index in [4.69, 9.17) is 10.2 Å². The normalized spacial score (nSPS) is 19.0. The molecule has 0 aromatic carbocycles. The summed E-state index contributed by atoms with van der Waals surface area (Å²) in [5, 5.41) is 0. The Morgan fingerprint density at radius 3 is 2.77 bits per heavy atom. The highest BCUT2D eigenvalue weighted by atomic mass is 79.9. The Morgan fingerprint density at radius 2 is 2.38 bits per heavy atom. The van der Waals surface area contributed by atoms with E-state index in [9.17, 15) is 0 Å². The number of furan rings is 1. The molecule has 0 radical (unpaired) electrons. The van der Waals surface area contributed by atoms with Crippen LogP contribution in [-0.4, -0.2) is 6.54 Å². The third kappa shape index (κ3) is 1.81. The van der Waals surface area contributed by atoms with Crippen molar-refractivity contribution in [2.75, 3.05) is 6.54 Å². The molecule has 13 heavy (non-hydrogen) atoms. The molecule has 1 atom stereocenters. The van der Waals surface area contributed by atoms with Gasteiger partial charge in [0.15, 0.2) is 4.67 Å². The molecular weight excluding hydrogens is 230 g/mol. The first-order valence-corrected chi connectivity index (χ1v) is 5.47. The molecule has 72 valence electrons. The molecule has 0 saturated heterocycles. The van der Waals surface area contributed by atoms with E-state index < -0.39 is 0 Å². The Morgan fingerprint density at radius 1 is 1.69 bits per heavy atom. The number of aryl methyl sites for hydroxylation is 1. The molecule has 1 aromatic rings. The summed E-state index contributed by atoms with van der Waals surface area (Å²) in [6.45, 7) is 2.74. The average Bonchev–Trinajstić information content (AvgIpc) is 2.82. The Labute approximate surface area is 86.6 Å². The summed E-state index contributed by atoms with van der Waals surface area (Å²) in [6.07, 6.45) is 2.65. The van der Waals surface area contributed by atoms with Gasteiger partial charge in [0.2, 0.25) is 0 Å². The molecule has 0 amide bonds. The van der Waals surface area contributed by atoms with Gasteiger partial charge in [0.05, 0.1) is 0 Å². The summed E-state index contributed by atoms with van der Waals surface area (Å²) in [5.41, 5.74) is 7.06. The molecule has 1 saturated carbocycles. The lowest BCUT2D eigenvalue weighted by Gasteiger charge is -2.11. The molecule has 2 N–H and O–H groups in total. The molecule has 3 heteroatoms. The van der Waals surface area contributed by atoms with Crippen molar-refractivity contribution < 1.29 is 4.42 Å². The number of hydrogen-bond donors (Lipinski definition) is 1. The van der Waals surface area contributed by atoms with Crippen LogP contribution in [0.25, 0.3) is 0 Å². The molecule has 1 aromatic heterocycles. The zero-order chi connectivity index (χ0) is 9.42. The summed E-state index contributed by atoms with van der Waals surface area (Å²) in [4.78, 5) is 0. The van der Waals surface area contributed by atoms with Crippen molar-refractivity contribution in [3.8, 4) is 0 Å². The van der Waals surface area contributed by atoms with Crippen LogP contribution < -0.4 is 5.73 Å². The molecule has 1 unspecified atom stereocenters. The maximum atomic E-state index is 5.77. The fourth-order valence-corrected chi connectivity index (χ4v) is 2.39. The molecule has 2 rings (SSSR count). The van der Waals surface area contributed by atoms with Gasteiger partial charge in [0.1, 0.15) is 5.76 Å². The minimum absolute atomic E-state index is 0.509. The van der Waals surface area contributed by atoms with Crippen molar-refractivity contribution in [3.63, 3.8) is 0 Å². The largest absolute Gasteiger partial charge is 0.454 e. The number of hydrogen-bond acceptors (Lipinski definition) is 2. The molecule has 2 nitrogen and oxygen atoms in total. The van der Waals surface area contributed by atoms with Crippen LogP contribution in [0.4, 0.5) is 0 Å². The Kier molecular flexibility index (Phi) is 2.47. The van der Waals surface area contributed by atoms with Crippen LogP contribution in [0.3, 0.4) is 0 Å². The second-order valence-electron chi connectivity index (χ2n) is 3.74. The maximum Gasteiger partial charge on any atom is 0.169 e. The van der Waals surface area contributed by atoms with E-state index in [0.29, 0.717) is 5.92 Å². The smallest absolute Gasteiger partial charge is 0.169 e. The molecule has 1 heterocycles. The molecular formula is C10H14BrNO. The Hall–Kier alpha value is -0.280. The van der Waals surface area contributed by atoms with Crippen LogP contribution in [0.2, 0.25) is 0 Å². The van der Waals surface area contributed by atoms with Gasteiger partial charge >= 0.3 is 0 Å². The zero-order valence-electron chi connectivity index (χ0n) is 7.72. The van der Waals surface area contributed by atoms with Crippen LogP contribution in [0, 0.1) is 12.8 Å². The van der Waals surface area contributed by atoms with Crippen LogP contribution in [-0.2, 0) is 0 Å². The fraction of sp³-hybridized carbons (Fsp3) is 0.600. The lowest BCUT2D eigenvalue weighted by atomic mass is 9.95. The van der Waals surface area contributed by atoms with Gasteiger partial charge in [-0.1, -0.05) is 0 Å². The van der Waals surface area contributed by atoms with Crippen molar-refractivity contribution in [1.82, 2.24) is 0 Å². The van der Waals surface area contributed by atoms with Crippen molar-refractivity contribution in [3.05, 3.63) is 22.1 Å². The molecule has 1 aliphatic carbocycles. The van der Waals surface area contributed by atoms with Gasteiger partial charge in [-0.15, -0.1) is 0 Å². The van der Waals surface area contributed by atoms with E-state index in [1.54, 1.807) is 0 Å². The number of nitrogens with two attached hydrogens (primary N) is 1. The first-order valence-electron chi connectivity index (χ1n) is 4.68. The Balaban J connectivity index is 2.25. The molecule has 1 aliphatic rings. The first-order chi connectivity index (χ1) is 6.22. The average molecular weight is 244 g/mol. The van der Waals surface area contributed by atoms with Gasteiger partial charge in [0, 0.05) is 5.92 Å². The van der Waals surface area contributed by atoms with Crippen molar-refractivity contribution in [2.45, 2.75) is 25.7 Å². The zero-order valence-corrected chi connectivity index (χ0v) is 9.30. The fourth-order valence-electron chi connectivity index (χ4n) is 1.90. The van der Waals surface area contributed by atoms with E-state index in [1.165, 1.54) is 18.4 Å². The quantitative estimate of drug-likeness (QED) is 0.887. The van der Waals surface area contributed by atoms with E-state index in [1.807, 2.05) is 6.92 Å². The van der Waals surface area contributed by atoms with Crippen molar-refractivity contribution >= 4 is 15.9 Å². The monoisotopic (exact) mass is 243 g/mol. The van der Waals surface area contributed by atoms with Gasteiger partial charge in [-0.05, 0) is 59.8 Å². The van der Waals surface area contributed by atoms with E-state index in [0.717, 1.165) is 22.9 Å². The van der Waals surface area contributed by atoms with Gasteiger partial charge in [-0.25, -0.2) is 0 Å². The lowest BCUT2D eigenvalue weighted by Crippen LogP contribution is -2.14. The first kappa shape index (κ1) is 9.28. The number of rotatable bonds is 3. The minimum atomic E-state index is 0.509. The predicted molar refractivity (Wildman–Crippen MR) is 55.7 cm³/mol. The van der Waals surface area contributed by atoms with Crippen molar-refractivity contribution in [2.24, 2.45) is 11.7 Å². The predicted octanol–water partition coefficient (Wildman–Crippen LogP) is 2.80. The van der Waals surface area contributed by atoms with Gasteiger partial charge < -0.3 is 10.2 Å². The molecule has 1 fully saturated rings. The molecule has 0 aliphatic heterocycles. The van der Waals surface area contributed by atoms with Crippen LogP contribution in [0.5, 0.6) is 0 Å². The van der Waals surface area contributed by atoms with Gasteiger partial charge in [-0.2, -0.15) is 0 Å². The lowest BCUT2D eigenvalue weighted by molar-refractivity contribution is 0.497. The van der Waals surface area contributed by atoms with E-state index in [2.05, 4.69) is 22.0 Å².